The van der Waals surface area contributed by atoms with E-state index >= 15 is 0 Å². The summed E-state index contributed by atoms with van der Waals surface area (Å²) in [6.07, 6.45) is 0.488. The Hall–Kier alpha value is -1.40. The highest BCUT2D eigenvalue weighted by Gasteiger charge is 2.35. The van der Waals surface area contributed by atoms with Crippen LogP contribution in [0.25, 0.3) is 0 Å². The van der Waals surface area contributed by atoms with Crippen LogP contribution in [0.15, 0.2) is 24.3 Å². The highest BCUT2D eigenvalue weighted by Crippen LogP contribution is 2.32. The van der Waals surface area contributed by atoms with Gasteiger partial charge in [-0.1, -0.05) is 12.1 Å². The second-order valence-electron chi connectivity index (χ2n) is 3.58. The normalized spacial score (nSPS) is 26.0. The average molecular weight is 190 g/mol. The van der Waals surface area contributed by atoms with Crippen molar-refractivity contribution in [2.75, 3.05) is 13.1 Å². The van der Waals surface area contributed by atoms with E-state index in [1.165, 1.54) is 0 Å². The van der Waals surface area contributed by atoms with E-state index in [1.54, 1.807) is 24.3 Å². The van der Waals surface area contributed by atoms with Gasteiger partial charge < -0.3 is 5.32 Å². The van der Waals surface area contributed by atoms with Crippen molar-refractivity contribution in [3.8, 4) is 6.07 Å². The molecule has 1 unspecified atom stereocenters. The van der Waals surface area contributed by atoms with Crippen LogP contribution in [0.4, 0.5) is 4.39 Å². The molecule has 1 aromatic rings. The lowest BCUT2D eigenvalue weighted by atomic mass is 9.94. The molecule has 3 heteroatoms. The second kappa shape index (κ2) is 3.39. The van der Waals surface area contributed by atoms with Gasteiger partial charge in [-0.3, -0.25) is 0 Å². The fourth-order valence-corrected chi connectivity index (χ4v) is 1.78. The van der Waals surface area contributed by atoms with Crippen molar-refractivity contribution < 1.29 is 4.39 Å². The lowest BCUT2D eigenvalue weighted by Crippen LogP contribution is -2.23. The van der Waals surface area contributed by atoms with Gasteiger partial charge in [0.2, 0.25) is 0 Å². The number of nitrogens with zero attached hydrogens (tertiary/aromatic N) is 1. The number of hydrogen-bond acceptors (Lipinski definition) is 2. The van der Waals surface area contributed by atoms with E-state index in [2.05, 4.69) is 5.32 Å². The molecule has 0 aliphatic carbocycles. The molecule has 0 bridgehead atoms. The second-order valence-corrected chi connectivity index (χ2v) is 3.58. The lowest BCUT2D eigenvalue weighted by Gasteiger charge is -2.18. The number of halogens is 1. The van der Waals surface area contributed by atoms with Crippen molar-refractivity contribution in [2.24, 2.45) is 0 Å². The van der Waals surface area contributed by atoms with Crippen molar-refractivity contribution in [1.82, 2.24) is 5.32 Å². The summed E-state index contributed by atoms with van der Waals surface area (Å²) in [5, 5.41) is 11.7. The molecule has 0 spiro atoms. The molecule has 1 saturated heterocycles. The standard InChI is InChI=1S/C11H11FN2/c12-11(4-5-14-8-11)10-3-1-2-9(6-10)7-13/h1-3,6,14H,4-5,8H2. The Morgan fingerprint density at radius 3 is 3.00 bits per heavy atom. The summed E-state index contributed by atoms with van der Waals surface area (Å²) in [5.74, 6) is 0. The van der Waals surface area contributed by atoms with E-state index in [0.717, 1.165) is 0 Å². The van der Waals surface area contributed by atoms with Gasteiger partial charge in [-0.25, -0.2) is 4.39 Å². The monoisotopic (exact) mass is 190 g/mol. The predicted molar refractivity (Wildman–Crippen MR) is 51.4 cm³/mol. The van der Waals surface area contributed by atoms with Gasteiger partial charge >= 0.3 is 0 Å². The molecule has 14 heavy (non-hydrogen) atoms. The van der Waals surface area contributed by atoms with Gasteiger partial charge in [0.1, 0.15) is 5.67 Å². The van der Waals surface area contributed by atoms with Crippen LogP contribution in [0.1, 0.15) is 17.5 Å². The van der Waals surface area contributed by atoms with Crippen molar-refractivity contribution in [2.45, 2.75) is 12.1 Å². The van der Waals surface area contributed by atoms with Gasteiger partial charge in [0.25, 0.3) is 0 Å². The average Bonchev–Trinajstić information content (AvgIpc) is 2.67. The summed E-state index contributed by atoms with van der Waals surface area (Å²) in [4.78, 5) is 0. The van der Waals surface area contributed by atoms with Crippen molar-refractivity contribution in [1.29, 1.82) is 5.26 Å². The quantitative estimate of drug-likeness (QED) is 0.731. The maximum atomic E-state index is 14.2. The summed E-state index contributed by atoms with van der Waals surface area (Å²) in [6, 6.07) is 8.82. The number of nitrogens with one attached hydrogen (secondary N) is 1. The Kier molecular flexibility index (Phi) is 2.22. The van der Waals surface area contributed by atoms with Crippen molar-refractivity contribution in [3.63, 3.8) is 0 Å². The van der Waals surface area contributed by atoms with Crippen LogP contribution in [0.5, 0.6) is 0 Å². The minimum absolute atomic E-state index is 0.349. The highest BCUT2D eigenvalue weighted by atomic mass is 19.1. The molecule has 0 saturated carbocycles. The van der Waals surface area contributed by atoms with Crippen molar-refractivity contribution in [3.05, 3.63) is 35.4 Å². The number of rotatable bonds is 1. The molecule has 2 rings (SSSR count). The molecule has 1 heterocycles. The Labute approximate surface area is 82.4 Å². The molecule has 1 fully saturated rings. The Bertz CT molecular complexity index is 375. The minimum atomic E-state index is -1.28. The summed E-state index contributed by atoms with van der Waals surface area (Å²) in [5.41, 5.74) is -0.152. The van der Waals surface area contributed by atoms with E-state index in [1.807, 2.05) is 6.07 Å². The number of alkyl halides is 1. The molecule has 1 aliphatic rings. The minimum Gasteiger partial charge on any atom is -0.313 e. The predicted octanol–water partition coefficient (Wildman–Crippen LogP) is 1.72. The van der Waals surface area contributed by atoms with Crippen LogP contribution in [-0.2, 0) is 5.67 Å². The van der Waals surface area contributed by atoms with Crippen LogP contribution in [0.2, 0.25) is 0 Å². The van der Waals surface area contributed by atoms with Gasteiger partial charge in [0, 0.05) is 6.54 Å². The third-order valence-corrected chi connectivity index (χ3v) is 2.61. The Morgan fingerprint density at radius 2 is 2.36 bits per heavy atom. The van der Waals surface area contributed by atoms with Crippen molar-refractivity contribution >= 4 is 0 Å². The first-order valence-electron chi connectivity index (χ1n) is 4.65. The van der Waals surface area contributed by atoms with E-state index in [-0.39, 0.29) is 0 Å². The zero-order valence-corrected chi connectivity index (χ0v) is 7.76. The summed E-state index contributed by atoms with van der Waals surface area (Å²) >= 11 is 0. The van der Waals surface area contributed by atoms with E-state index in [0.29, 0.717) is 30.6 Å². The van der Waals surface area contributed by atoms with Crippen LogP contribution in [0, 0.1) is 11.3 Å². The molecule has 1 N–H and O–H groups in total. The van der Waals surface area contributed by atoms with Gasteiger partial charge in [0.15, 0.2) is 0 Å². The summed E-state index contributed by atoms with van der Waals surface area (Å²) < 4.78 is 14.2. The van der Waals surface area contributed by atoms with Gasteiger partial charge in [-0.05, 0) is 30.7 Å². The SMILES string of the molecule is N#Cc1cccc(C2(F)CCNC2)c1. The van der Waals surface area contributed by atoms with Crippen LogP contribution >= 0.6 is 0 Å². The molecular weight excluding hydrogens is 179 g/mol. The molecule has 2 nitrogen and oxygen atoms in total. The van der Waals surface area contributed by atoms with E-state index < -0.39 is 5.67 Å². The molecule has 0 amide bonds. The third kappa shape index (κ3) is 1.49. The maximum Gasteiger partial charge on any atom is 0.149 e. The molecule has 1 aliphatic heterocycles. The molecule has 1 aromatic carbocycles. The number of nitriles is 1. The van der Waals surface area contributed by atoms with Gasteiger partial charge in [-0.2, -0.15) is 5.26 Å². The zero-order valence-electron chi connectivity index (χ0n) is 7.76. The molecule has 1 atom stereocenters. The van der Waals surface area contributed by atoms with Gasteiger partial charge in [0.05, 0.1) is 11.6 Å². The Balaban J connectivity index is 2.36. The fourth-order valence-electron chi connectivity index (χ4n) is 1.78. The van der Waals surface area contributed by atoms with Gasteiger partial charge in [-0.15, -0.1) is 0 Å². The van der Waals surface area contributed by atoms with Crippen LogP contribution < -0.4 is 5.32 Å². The van der Waals surface area contributed by atoms with E-state index in [9.17, 15) is 4.39 Å². The number of benzene rings is 1. The van der Waals surface area contributed by atoms with Crippen LogP contribution in [0.3, 0.4) is 0 Å². The third-order valence-electron chi connectivity index (χ3n) is 2.61. The summed E-state index contributed by atoms with van der Waals surface area (Å²) in [7, 11) is 0. The topological polar surface area (TPSA) is 35.8 Å². The first-order valence-corrected chi connectivity index (χ1v) is 4.65. The zero-order chi connectivity index (χ0) is 10.0. The largest absolute Gasteiger partial charge is 0.313 e. The fraction of sp³-hybridized carbons (Fsp3) is 0.364. The first-order chi connectivity index (χ1) is 6.74. The lowest BCUT2D eigenvalue weighted by molar-refractivity contribution is 0.193. The maximum absolute atomic E-state index is 14.2. The molecule has 72 valence electrons. The Morgan fingerprint density at radius 1 is 1.50 bits per heavy atom. The molecule has 0 radical (unpaired) electrons. The van der Waals surface area contributed by atoms with E-state index in [4.69, 9.17) is 5.26 Å². The molecule has 0 aromatic heterocycles. The number of hydrogen-bond donors (Lipinski definition) is 1. The summed E-state index contributed by atoms with van der Waals surface area (Å²) in [6.45, 7) is 1.05. The molecular formula is C11H11FN2. The highest BCUT2D eigenvalue weighted by molar-refractivity contribution is 5.36. The first kappa shape index (κ1) is 9.17. The smallest absolute Gasteiger partial charge is 0.149 e. The van der Waals surface area contributed by atoms with Crippen LogP contribution in [-0.4, -0.2) is 13.1 Å².